The molecular weight excluding hydrogens is 384 g/mol. The van der Waals surface area contributed by atoms with E-state index in [0.29, 0.717) is 24.2 Å². The molecule has 0 bridgehead atoms. The van der Waals surface area contributed by atoms with Gasteiger partial charge in [-0.1, -0.05) is 60.2 Å². The largest absolute Gasteiger partial charge is 0.354 e. The number of carbonyl (C=O) groups is 1. The molecule has 148 valence electrons. The van der Waals surface area contributed by atoms with Crippen molar-refractivity contribution in [3.05, 3.63) is 83.9 Å². The van der Waals surface area contributed by atoms with E-state index < -0.39 is 10.0 Å². The fourth-order valence-corrected chi connectivity index (χ4v) is 5.24. The highest BCUT2D eigenvalue weighted by Gasteiger charge is 2.35. The number of hydrogen-bond donors (Lipinski definition) is 1. The quantitative estimate of drug-likeness (QED) is 0.705. The lowest BCUT2D eigenvalue weighted by Crippen LogP contribution is -2.43. The van der Waals surface area contributed by atoms with Crippen molar-refractivity contribution in [1.82, 2.24) is 5.32 Å². The zero-order chi connectivity index (χ0) is 20.4. The summed E-state index contributed by atoms with van der Waals surface area (Å²) in [6.45, 7) is 2.17. The van der Waals surface area contributed by atoms with Crippen LogP contribution in [0.5, 0.6) is 0 Å². The molecule has 4 rings (SSSR count). The molecule has 3 aromatic rings. The third kappa shape index (κ3) is 3.76. The van der Waals surface area contributed by atoms with E-state index in [-0.39, 0.29) is 17.3 Å². The lowest BCUT2D eigenvalue weighted by molar-refractivity contribution is -0.119. The Hall–Kier alpha value is -3.12. The fraction of sp³-hybridized carbons (Fsp3) is 0.174. The molecule has 0 aromatic heterocycles. The first-order chi connectivity index (χ1) is 14.0. The van der Waals surface area contributed by atoms with E-state index >= 15 is 0 Å². The Morgan fingerprint density at radius 1 is 0.931 bits per heavy atom. The average Bonchev–Trinajstić information content (AvgIpc) is 2.72. The summed E-state index contributed by atoms with van der Waals surface area (Å²) in [4.78, 5) is 12.8. The first-order valence-electron chi connectivity index (χ1n) is 9.50. The number of amides is 1. The van der Waals surface area contributed by atoms with Crippen LogP contribution in [0.2, 0.25) is 0 Å². The first-order valence-corrected chi connectivity index (χ1v) is 10.9. The number of fused-ring (bicyclic) bond motifs is 3. The molecule has 0 saturated heterocycles. The van der Waals surface area contributed by atoms with Gasteiger partial charge in [0.15, 0.2) is 0 Å². The first kappa shape index (κ1) is 19.2. The number of sulfonamides is 1. The molecular formula is C23H22N2O3S. The van der Waals surface area contributed by atoms with Crippen LogP contribution in [-0.4, -0.2) is 27.4 Å². The maximum Gasteiger partial charge on any atom is 0.265 e. The predicted octanol–water partition coefficient (Wildman–Crippen LogP) is 3.53. The van der Waals surface area contributed by atoms with E-state index in [0.717, 1.165) is 16.7 Å². The molecule has 1 heterocycles. The van der Waals surface area contributed by atoms with Gasteiger partial charge in [-0.3, -0.25) is 9.10 Å². The molecule has 0 aliphatic carbocycles. The molecule has 0 atom stereocenters. The second-order valence-electron chi connectivity index (χ2n) is 7.11. The number of carbonyl (C=O) groups excluding carboxylic acids is 1. The Labute approximate surface area is 171 Å². The van der Waals surface area contributed by atoms with Gasteiger partial charge in [-0.15, -0.1) is 0 Å². The van der Waals surface area contributed by atoms with Crippen LogP contribution < -0.4 is 9.62 Å². The van der Waals surface area contributed by atoms with E-state index in [1.54, 1.807) is 18.2 Å². The summed E-state index contributed by atoms with van der Waals surface area (Å²) in [7, 11) is -3.81. The van der Waals surface area contributed by atoms with E-state index in [4.69, 9.17) is 0 Å². The maximum absolute atomic E-state index is 13.2. The lowest BCUT2D eigenvalue weighted by Gasteiger charge is -2.31. The van der Waals surface area contributed by atoms with Crippen molar-refractivity contribution in [2.75, 3.05) is 17.4 Å². The van der Waals surface area contributed by atoms with Crippen molar-refractivity contribution < 1.29 is 13.2 Å². The van der Waals surface area contributed by atoms with Crippen molar-refractivity contribution in [3.8, 4) is 11.1 Å². The van der Waals surface area contributed by atoms with Gasteiger partial charge in [0.2, 0.25) is 5.91 Å². The van der Waals surface area contributed by atoms with Crippen LogP contribution in [0.25, 0.3) is 11.1 Å². The Bertz CT molecular complexity index is 1160. The molecule has 0 unspecified atom stereocenters. The molecule has 1 aliphatic rings. The number of anilines is 1. The molecule has 1 amide bonds. The number of hydrogen-bond acceptors (Lipinski definition) is 3. The monoisotopic (exact) mass is 406 g/mol. The SMILES string of the molecule is Cc1ccc2c(c1)-c1ccccc1S(=O)(=O)N2CC(=O)NCCc1ccccc1. The highest BCUT2D eigenvalue weighted by atomic mass is 32.2. The van der Waals surface area contributed by atoms with Crippen molar-refractivity contribution >= 4 is 21.6 Å². The molecule has 0 fully saturated rings. The topological polar surface area (TPSA) is 66.5 Å². The van der Waals surface area contributed by atoms with Gasteiger partial charge < -0.3 is 5.32 Å². The average molecular weight is 407 g/mol. The predicted molar refractivity (Wildman–Crippen MR) is 114 cm³/mol. The summed E-state index contributed by atoms with van der Waals surface area (Å²) in [6, 6.07) is 22.4. The van der Waals surface area contributed by atoms with Crippen LogP contribution in [0, 0.1) is 6.92 Å². The van der Waals surface area contributed by atoms with Crippen LogP contribution >= 0.6 is 0 Å². The Balaban J connectivity index is 1.58. The highest BCUT2D eigenvalue weighted by molar-refractivity contribution is 7.93. The Morgan fingerprint density at radius 2 is 1.66 bits per heavy atom. The van der Waals surface area contributed by atoms with Crippen molar-refractivity contribution in [2.45, 2.75) is 18.2 Å². The molecule has 0 radical (unpaired) electrons. The van der Waals surface area contributed by atoms with Crippen LogP contribution in [0.4, 0.5) is 5.69 Å². The van der Waals surface area contributed by atoms with Gasteiger partial charge in [0, 0.05) is 17.7 Å². The number of rotatable bonds is 5. The molecule has 0 saturated carbocycles. The summed E-state index contributed by atoms with van der Waals surface area (Å²) in [6.07, 6.45) is 0.692. The lowest BCUT2D eigenvalue weighted by atomic mass is 10.0. The summed E-state index contributed by atoms with van der Waals surface area (Å²) < 4.78 is 27.7. The second kappa shape index (κ2) is 7.72. The smallest absolute Gasteiger partial charge is 0.265 e. The van der Waals surface area contributed by atoms with Gasteiger partial charge in [0.1, 0.15) is 6.54 Å². The number of benzene rings is 3. The van der Waals surface area contributed by atoms with Gasteiger partial charge in [-0.2, -0.15) is 0 Å². The van der Waals surface area contributed by atoms with Crippen LogP contribution in [-0.2, 0) is 21.2 Å². The number of nitrogens with zero attached hydrogens (tertiary/aromatic N) is 1. The molecule has 6 heteroatoms. The number of nitrogens with one attached hydrogen (secondary N) is 1. The van der Waals surface area contributed by atoms with Crippen LogP contribution in [0.3, 0.4) is 0 Å². The summed E-state index contributed by atoms with van der Waals surface area (Å²) in [5.74, 6) is -0.324. The minimum Gasteiger partial charge on any atom is -0.354 e. The Kier molecular flexibility index (Phi) is 5.11. The normalized spacial score (nSPS) is 14.0. The summed E-state index contributed by atoms with van der Waals surface area (Å²) in [5.41, 5.74) is 4.19. The van der Waals surface area contributed by atoms with E-state index in [2.05, 4.69) is 5.32 Å². The third-order valence-electron chi connectivity index (χ3n) is 5.03. The fourth-order valence-electron chi connectivity index (χ4n) is 3.59. The minimum atomic E-state index is -3.81. The molecule has 0 spiro atoms. The molecule has 29 heavy (non-hydrogen) atoms. The third-order valence-corrected chi connectivity index (χ3v) is 6.85. The van der Waals surface area contributed by atoms with E-state index in [1.165, 1.54) is 4.31 Å². The summed E-state index contributed by atoms with van der Waals surface area (Å²) >= 11 is 0. The van der Waals surface area contributed by atoms with Crippen LogP contribution in [0.15, 0.2) is 77.7 Å². The molecule has 1 N–H and O–H groups in total. The summed E-state index contributed by atoms with van der Waals surface area (Å²) in [5, 5.41) is 2.84. The zero-order valence-corrected chi connectivity index (χ0v) is 16.9. The van der Waals surface area contributed by atoms with Gasteiger partial charge in [0.25, 0.3) is 10.0 Å². The highest BCUT2D eigenvalue weighted by Crippen LogP contribution is 2.43. The van der Waals surface area contributed by atoms with Crippen molar-refractivity contribution in [3.63, 3.8) is 0 Å². The minimum absolute atomic E-state index is 0.232. The standard InChI is InChI=1S/C23H22N2O3S/c1-17-11-12-21-20(15-17)19-9-5-6-10-22(19)29(27,28)25(21)16-23(26)24-14-13-18-7-3-2-4-8-18/h2-12,15H,13-14,16H2,1H3,(H,24,26). The molecule has 1 aliphatic heterocycles. The second-order valence-corrected chi connectivity index (χ2v) is 8.94. The van der Waals surface area contributed by atoms with Gasteiger partial charge in [-0.05, 0) is 37.1 Å². The van der Waals surface area contributed by atoms with Crippen molar-refractivity contribution in [1.29, 1.82) is 0 Å². The van der Waals surface area contributed by atoms with Crippen LogP contribution in [0.1, 0.15) is 11.1 Å². The van der Waals surface area contributed by atoms with E-state index in [1.807, 2.05) is 61.5 Å². The zero-order valence-electron chi connectivity index (χ0n) is 16.1. The number of aryl methyl sites for hydroxylation is 1. The van der Waals surface area contributed by atoms with Crippen molar-refractivity contribution in [2.24, 2.45) is 0 Å². The molecule has 3 aromatic carbocycles. The van der Waals surface area contributed by atoms with Gasteiger partial charge >= 0.3 is 0 Å². The van der Waals surface area contributed by atoms with Gasteiger partial charge in [-0.25, -0.2) is 8.42 Å². The Morgan fingerprint density at radius 3 is 2.45 bits per heavy atom. The molecule has 5 nitrogen and oxygen atoms in total. The van der Waals surface area contributed by atoms with E-state index in [9.17, 15) is 13.2 Å². The van der Waals surface area contributed by atoms with Gasteiger partial charge in [0.05, 0.1) is 10.6 Å². The maximum atomic E-state index is 13.2.